The van der Waals surface area contributed by atoms with Crippen molar-refractivity contribution in [2.75, 3.05) is 19.6 Å². The Hall–Kier alpha value is -0.120. The van der Waals surface area contributed by atoms with Crippen LogP contribution in [0.2, 0.25) is 0 Å². The number of nitrogens with one attached hydrogen (secondary N) is 1. The van der Waals surface area contributed by atoms with Gasteiger partial charge in [0.25, 0.3) is 0 Å². The highest BCUT2D eigenvalue weighted by Crippen LogP contribution is 2.53. The molecule has 6 rings (SSSR count). The summed E-state index contributed by atoms with van der Waals surface area (Å²) < 4.78 is 0. The van der Waals surface area contributed by atoms with E-state index in [1.807, 2.05) is 0 Å². The van der Waals surface area contributed by atoms with Crippen LogP contribution in [0.3, 0.4) is 0 Å². The first-order valence-corrected chi connectivity index (χ1v) is 10.4. The van der Waals surface area contributed by atoms with Gasteiger partial charge in [-0.15, -0.1) is 0 Å². The molecule has 0 aromatic carbocycles. The Morgan fingerprint density at radius 2 is 1.61 bits per heavy atom. The maximum Gasteiger partial charge on any atom is 0.0926 e. The second-order valence-corrected chi connectivity index (χ2v) is 9.59. The van der Waals surface area contributed by atoms with E-state index in [2.05, 4.69) is 10.2 Å². The highest BCUT2D eigenvalue weighted by atomic mass is 16.3. The lowest BCUT2D eigenvalue weighted by atomic mass is 9.54. The number of nitrogens with zero attached hydrogens (tertiary/aromatic N) is 1. The van der Waals surface area contributed by atoms with E-state index < -0.39 is 5.60 Å². The summed E-state index contributed by atoms with van der Waals surface area (Å²) in [6, 6.07) is 1.14. The van der Waals surface area contributed by atoms with Gasteiger partial charge in [0.1, 0.15) is 0 Å². The van der Waals surface area contributed by atoms with Crippen molar-refractivity contribution in [1.29, 1.82) is 0 Å². The van der Waals surface area contributed by atoms with Gasteiger partial charge in [-0.2, -0.15) is 0 Å². The summed E-state index contributed by atoms with van der Waals surface area (Å²) in [5, 5.41) is 15.3. The Kier molecular flexibility index (Phi) is 3.76. The minimum atomic E-state index is -0.465. The predicted octanol–water partition coefficient (Wildman–Crippen LogP) is 2.78. The van der Waals surface area contributed by atoms with Gasteiger partial charge in [0.15, 0.2) is 0 Å². The summed E-state index contributed by atoms with van der Waals surface area (Å²) in [6.07, 6.45) is 13.4. The zero-order valence-corrected chi connectivity index (χ0v) is 14.6. The highest BCUT2D eigenvalue weighted by molar-refractivity contribution is 5.04. The van der Waals surface area contributed by atoms with Crippen molar-refractivity contribution in [3.8, 4) is 0 Å². The van der Waals surface area contributed by atoms with E-state index in [0.29, 0.717) is 12.1 Å². The third kappa shape index (κ3) is 2.58. The van der Waals surface area contributed by atoms with Crippen LogP contribution in [-0.2, 0) is 0 Å². The zero-order valence-electron chi connectivity index (χ0n) is 14.6. The van der Waals surface area contributed by atoms with Crippen LogP contribution < -0.4 is 5.32 Å². The molecule has 0 aromatic rings. The summed E-state index contributed by atoms with van der Waals surface area (Å²) >= 11 is 0. The van der Waals surface area contributed by atoms with Gasteiger partial charge >= 0.3 is 0 Å². The molecule has 2 heterocycles. The van der Waals surface area contributed by atoms with Crippen molar-refractivity contribution in [3.63, 3.8) is 0 Å². The molecule has 0 aromatic heterocycles. The standard InChI is InChI=1S/C20H34N2O/c23-20(5-3-7-22-6-2-1-4-18(20)22)13-21-19-16-9-14-8-15(11-16)12-17(19)10-14/h14-19,21,23H,1-13H2/t14?,15?,16?,17?,18-,19?,20-/m1/s1. The van der Waals surface area contributed by atoms with E-state index in [1.54, 1.807) is 0 Å². The van der Waals surface area contributed by atoms with Crippen molar-refractivity contribution in [3.05, 3.63) is 0 Å². The molecule has 2 saturated heterocycles. The Bertz CT molecular complexity index is 423. The number of piperidine rings is 2. The van der Waals surface area contributed by atoms with Crippen LogP contribution in [0, 0.1) is 23.7 Å². The molecule has 6 fully saturated rings. The van der Waals surface area contributed by atoms with Crippen molar-refractivity contribution in [2.45, 2.75) is 81.9 Å². The van der Waals surface area contributed by atoms with E-state index in [9.17, 15) is 5.11 Å². The molecule has 130 valence electrons. The number of hydrogen-bond acceptors (Lipinski definition) is 3. The fourth-order valence-corrected chi connectivity index (χ4v) is 7.38. The monoisotopic (exact) mass is 318 g/mol. The minimum absolute atomic E-state index is 0.425. The Labute approximate surface area is 141 Å². The molecule has 23 heavy (non-hydrogen) atoms. The summed E-state index contributed by atoms with van der Waals surface area (Å²) in [4.78, 5) is 2.59. The van der Waals surface area contributed by atoms with Crippen molar-refractivity contribution >= 4 is 0 Å². The maximum atomic E-state index is 11.4. The van der Waals surface area contributed by atoms with Crippen LogP contribution in [-0.4, -0.2) is 47.3 Å². The van der Waals surface area contributed by atoms with Gasteiger partial charge in [0.05, 0.1) is 5.60 Å². The minimum Gasteiger partial charge on any atom is -0.387 e. The first-order valence-electron chi connectivity index (χ1n) is 10.4. The van der Waals surface area contributed by atoms with Crippen LogP contribution in [0.5, 0.6) is 0 Å². The molecule has 2 N–H and O–H groups in total. The second kappa shape index (κ2) is 5.71. The van der Waals surface area contributed by atoms with Gasteiger partial charge in [0, 0.05) is 18.6 Å². The summed E-state index contributed by atoms with van der Waals surface area (Å²) in [7, 11) is 0. The Morgan fingerprint density at radius 1 is 0.913 bits per heavy atom. The molecule has 0 radical (unpaired) electrons. The molecule has 2 atom stereocenters. The molecule has 4 aliphatic carbocycles. The van der Waals surface area contributed by atoms with E-state index >= 15 is 0 Å². The van der Waals surface area contributed by atoms with Gasteiger partial charge in [-0.25, -0.2) is 0 Å². The zero-order chi connectivity index (χ0) is 15.4. The molecule has 3 nitrogen and oxygen atoms in total. The first-order chi connectivity index (χ1) is 11.2. The average molecular weight is 319 g/mol. The van der Waals surface area contributed by atoms with Gasteiger partial charge < -0.3 is 10.4 Å². The normalized spacial score (nSPS) is 52.6. The number of rotatable bonds is 3. The van der Waals surface area contributed by atoms with Crippen molar-refractivity contribution < 1.29 is 5.11 Å². The van der Waals surface area contributed by atoms with Crippen molar-refractivity contribution in [2.24, 2.45) is 23.7 Å². The third-order valence-electron chi connectivity index (χ3n) is 8.16. The lowest BCUT2D eigenvalue weighted by Gasteiger charge is -2.56. The van der Waals surface area contributed by atoms with E-state index in [0.717, 1.165) is 36.6 Å². The summed E-state index contributed by atoms with van der Waals surface area (Å²) in [6.45, 7) is 3.27. The van der Waals surface area contributed by atoms with Gasteiger partial charge in [0.2, 0.25) is 0 Å². The van der Waals surface area contributed by atoms with E-state index in [4.69, 9.17) is 0 Å². The van der Waals surface area contributed by atoms with Crippen LogP contribution in [0.4, 0.5) is 0 Å². The molecule has 0 unspecified atom stereocenters. The molecule has 4 saturated carbocycles. The number of hydrogen-bond donors (Lipinski definition) is 2. The predicted molar refractivity (Wildman–Crippen MR) is 92.2 cm³/mol. The van der Waals surface area contributed by atoms with Crippen LogP contribution >= 0.6 is 0 Å². The second-order valence-electron chi connectivity index (χ2n) is 9.59. The lowest BCUT2D eigenvalue weighted by molar-refractivity contribution is -0.0996. The maximum absolute atomic E-state index is 11.4. The molecular formula is C20H34N2O. The van der Waals surface area contributed by atoms with Gasteiger partial charge in [-0.1, -0.05) is 6.42 Å². The Balaban J connectivity index is 1.26. The van der Waals surface area contributed by atoms with Gasteiger partial charge in [-0.05, 0) is 94.5 Å². The summed E-state index contributed by atoms with van der Waals surface area (Å²) in [5.74, 6) is 3.92. The molecule has 2 aliphatic heterocycles. The van der Waals surface area contributed by atoms with Crippen molar-refractivity contribution in [1.82, 2.24) is 10.2 Å². The molecule has 3 heteroatoms. The quantitative estimate of drug-likeness (QED) is 0.840. The molecule has 6 aliphatic rings. The topological polar surface area (TPSA) is 35.5 Å². The van der Waals surface area contributed by atoms with Crippen LogP contribution in [0.25, 0.3) is 0 Å². The molecular weight excluding hydrogens is 284 g/mol. The fourth-order valence-electron chi connectivity index (χ4n) is 7.38. The first kappa shape index (κ1) is 15.2. The third-order valence-corrected chi connectivity index (χ3v) is 8.16. The van der Waals surface area contributed by atoms with E-state index in [1.165, 1.54) is 70.9 Å². The lowest BCUT2D eigenvalue weighted by Crippen LogP contribution is -2.64. The largest absolute Gasteiger partial charge is 0.387 e. The highest BCUT2D eigenvalue weighted by Gasteiger charge is 2.50. The smallest absolute Gasteiger partial charge is 0.0926 e. The number of aliphatic hydroxyl groups is 1. The van der Waals surface area contributed by atoms with Gasteiger partial charge in [-0.3, -0.25) is 4.90 Å². The van der Waals surface area contributed by atoms with E-state index in [-0.39, 0.29) is 0 Å². The van der Waals surface area contributed by atoms with Crippen LogP contribution in [0.15, 0.2) is 0 Å². The number of fused-ring (bicyclic) bond motifs is 1. The Morgan fingerprint density at radius 3 is 2.35 bits per heavy atom. The molecule has 0 amide bonds. The van der Waals surface area contributed by atoms with Crippen LogP contribution in [0.1, 0.15) is 64.2 Å². The fraction of sp³-hybridized carbons (Fsp3) is 1.00. The molecule has 4 bridgehead atoms. The average Bonchev–Trinajstić information content (AvgIpc) is 2.54. The SMILES string of the molecule is O[C@@]1(CNC2C3CC4CC(C3)CC2C4)CCCN2CCCC[C@@H]21. The summed E-state index contributed by atoms with van der Waals surface area (Å²) in [5.41, 5.74) is -0.465. The molecule has 0 spiro atoms.